The molecular weight excluding hydrogens is 362 g/mol. The molecule has 1 aliphatic rings. The summed E-state index contributed by atoms with van der Waals surface area (Å²) in [5.74, 6) is 0.874. The van der Waals surface area contributed by atoms with E-state index in [1.54, 1.807) is 6.07 Å². The first-order valence-electron chi connectivity index (χ1n) is 9.31. The third kappa shape index (κ3) is 5.10. The lowest BCUT2D eigenvalue weighted by Gasteiger charge is -2.36. The number of hydrogen-bond acceptors (Lipinski definition) is 5. The molecule has 0 bridgehead atoms. The predicted octanol–water partition coefficient (Wildman–Crippen LogP) is 3.15. The van der Waals surface area contributed by atoms with E-state index in [0.29, 0.717) is 24.1 Å². The normalized spacial score (nSPS) is 14.6. The number of piperazine rings is 1. The Balaban J connectivity index is 1.68. The molecule has 0 spiro atoms. The lowest BCUT2D eigenvalue weighted by molar-refractivity contribution is 0.0944. The molecule has 2 heterocycles. The van der Waals surface area contributed by atoms with E-state index in [2.05, 4.69) is 45.0 Å². The van der Waals surface area contributed by atoms with Gasteiger partial charge in [0.1, 0.15) is 5.69 Å². The summed E-state index contributed by atoms with van der Waals surface area (Å²) in [6.45, 7) is 9.96. The molecule has 1 aromatic carbocycles. The highest BCUT2D eigenvalue weighted by Crippen LogP contribution is 2.22. The Bertz CT molecular complexity index is 803. The second-order valence-electron chi connectivity index (χ2n) is 7.25. The van der Waals surface area contributed by atoms with Gasteiger partial charge in [-0.1, -0.05) is 31.5 Å². The van der Waals surface area contributed by atoms with Crippen LogP contribution in [-0.2, 0) is 0 Å². The minimum atomic E-state index is -0.145. The topological polar surface area (TPSA) is 61.4 Å². The summed E-state index contributed by atoms with van der Waals surface area (Å²) in [4.78, 5) is 25.8. The number of carbonyl (C=O) groups excluding carboxylic acids is 1. The third-order valence-corrected chi connectivity index (χ3v) is 4.72. The summed E-state index contributed by atoms with van der Waals surface area (Å²) >= 11 is 6.10. The van der Waals surface area contributed by atoms with Crippen molar-refractivity contribution in [2.24, 2.45) is 5.92 Å². The van der Waals surface area contributed by atoms with Gasteiger partial charge >= 0.3 is 0 Å². The molecule has 0 unspecified atom stereocenters. The largest absolute Gasteiger partial charge is 0.368 e. The Labute approximate surface area is 165 Å². The van der Waals surface area contributed by atoms with Crippen molar-refractivity contribution in [2.45, 2.75) is 20.8 Å². The standard InChI is InChI=1S/C20H26ClN5O/c1-14(2)13-22-19(27)18-11-15(3)23-20(24-18)26-9-7-25(8-10-26)17-6-4-5-16(21)12-17/h4-6,11-12,14H,7-10,13H2,1-3H3,(H,22,27). The Morgan fingerprint density at radius 2 is 1.85 bits per heavy atom. The highest BCUT2D eigenvalue weighted by Gasteiger charge is 2.21. The number of amides is 1. The maximum atomic E-state index is 12.4. The van der Waals surface area contributed by atoms with Gasteiger partial charge in [-0.2, -0.15) is 0 Å². The molecular formula is C20H26ClN5O. The van der Waals surface area contributed by atoms with E-state index in [-0.39, 0.29) is 5.91 Å². The summed E-state index contributed by atoms with van der Waals surface area (Å²) in [5, 5.41) is 3.67. The third-order valence-electron chi connectivity index (χ3n) is 4.48. The summed E-state index contributed by atoms with van der Waals surface area (Å²) in [6.07, 6.45) is 0. The molecule has 1 aromatic heterocycles. The number of hydrogen-bond donors (Lipinski definition) is 1. The van der Waals surface area contributed by atoms with Crippen molar-refractivity contribution in [1.29, 1.82) is 0 Å². The lowest BCUT2D eigenvalue weighted by atomic mass is 10.2. The molecule has 3 rings (SSSR count). The highest BCUT2D eigenvalue weighted by molar-refractivity contribution is 6.30. The Morgan fingerprint density at radius 1 is 1.15 bits per heavy atom. The van der Waals surface area contributed by atoms with Crippen LogP contribution < -0.4 is 15.1 Å². The minimum absolute atomic E-state index is 0.145. The van der Waals surface area contributed by atoms with Gasteiger partial charge in [0, 0.05) is 49.1 Å². The Morgan fingerprint density at radius 3 is 2.52 bits per heavy atom. The second-order valence-corrected chi connectivity index (χ2v) is 7.69. The number of aryl methyl sites for hydroxylation is 1. The van der Waals surface area contributed by atoms with Crippen LogP contribution in [0.3, 0.4) is 0 Å². The van der Waals surface area contributed by atoms with Crippen molar-refractivity contribution >= 4 is 29.1 Å². The number of carbonyl (C=O) groups is 1. The van der Waals surface area contributed by atoms with Gasteiger partial charge in [0.15, 0.2) is 0 Å². The van der Waals surface area contributed by atoms with E-state index in [1.165, 1.54) is 0 Å². The first-order valence-corrected chi connectivity index (χ1v) is 9.69. The zero-order chi connectivity index (χ0) is 19.4. The summed E-state index contributed by atoms with van der Waals surface area (Å²) < 4.78 is 0. The fraction of sp³-hybridized carbons (Fsp3) is 0.450. The molecule has 1 fully saturated rings. The van der Waals surface area contributed by atoms with Gasteiger partial charge in [-0.05, 0) is 37.1 Å². The number of halogens is 1. The quantitative estimate of drug-likeness (QED) is 0.853. The Hall–Kier alpha value is -2.34. The molecule has 0 aliphatic carbocycles. The van der Waals surface area contributed by atoms with Crippen LogP contribution in [0.5, 0.6) is 0 Å². The van der Waals surface area contributed by atoms with Crippen molar-refractivity contribution < 1.29 is 4.79 Å². The Kier molecular flexibility index (Phi) is 6.16. The van der Waals surface area contributed by atoms with Crippen LogP contribution in [0.15, 0.2) is 30.3 Å². The maximum Gasteiger partial charge on any atom is 0.270 e. The summed E-state index contributed by atoms with van der Waals surface area (Å²) in [6, 6.07) is 9.64. The zero-order valence-electron chi connectivity index (χ0n) is 16.1. The number of anilines is 2. The maximum absolute atomic E-state index is 12.4. The molecule has 1 N–H and O–H groups in total. The molecule has 7 heteroatoms. The van der Waals surface area contributed by atoms with Gasteiger partial charge in [0.25, 0.3) is 5.91 Å². The average Bonchev–Trinajstić information content (AvgIpc) is 2.65. The number of aromatic nitrogens is 2. The molecule has 6 nitrogen and oxygen atoms in total. The molecule has 0 radical (unpaired) electrons. The number of nitrogens with zero attached hydrogens (tertiary/aromatic N) is 4. The van der Waals surface area contributed by atoms with Crippen molar-refractivity contribution in [1.82, 2.24) is 15.3 Å². The van der Waals surface area contributed by atoms with Crippen molar-refractivity contribution in [2.75, 3.05) is 42.5 Å². The molecule has 0 saturated carbocycles. The second kappa shape index (κ2) is 8.57. The minimum Gasteiger partial charge on any atom is -0.368 e. The van der Waals surface area contributed by atoms with Crippen molar-refractivity contribution in [3.05, 3.63) is 46.7 Å². The van der Waals surface area contributed by atoms with Crippen LogP contribution in [0.4, 0.5) is 11.6 Å². The van der Waals surface area contributed by atoms with Crippen LogP contribution >= 0.6 is 11.6 Å². The molecule has 27 heavy (non-hydrogen) atoms. The van der Waals surface area contributed by atoms with E-state index < -0.39 is 0 Å². The van der Waals surface area contributed by atoms with E-state index in [4.69, 9.17) is 11.6 Å². The van der Waals surface area contributed by atoms with Crippen molar-refractivity contribution in [3.8, 4) is 0 Å². The van der Waals surface area contributed by atoms with Crippen LogP contribution in [0.25, 0.3) is 0 Å². The fourth-order valence-corrected chi connectivity index (χ4v) is 3.22. The van der Waals surface area contributed by atoms with Gasteiger partial charge < -0.3 is 15.1 Å². The molecule has 1 aliphatic heterocycles. The average molecular weight is 388 g/mol. The van der Waals surface area contributed by atoms with Gasteiger partial charge in [0.2, 0.25) is 5.95 Å². The van der Waals surface area contributed by atoms with E-state index in [9.17, 15) is 4.79 Å². The first-order chi connectivity index (χ1) is 12.9. The number of benzene rings is 1. The van der Waals surface area contributed by atoms with E-state index in [1.807, 2.05) is 25.1 Å². The van der Waals surface area contributed by atoms with Crippen LogP contribution in [0.1, 0.15) is 30.0 Å². The SMILES string of the molecule is Cc1cc(C(=O)NCC(C)C)nc(N2CCN(c3cccc(Cl)c3)CC2)n1. The van der Waals surface area contributed by atoms with Crippen molar-refractivity contribution in [3.63, 3.8) is 0 Å². The van der Waals surface area contributed by atoms with Crippen LogP contribution in [0.2, 0.25) is 5.02 Å². The zero-order valence-corrected chi connectivity index (χ0v) is 16.8. The van der Waals surface area contributed by atoms with E-state index in [0.717, 1.165) is 42.6 Å². The molecule has 144 valence electrons. The lowest BCUT2D eigenvalue weighted by Crippen LogP contribution is -2.47. The predicted molar refractivity (Wildman–Crippen MR) is 110 cm³/mol. The van der Waals surface area contributed by atoms with E-state index >= 15 is 0 Å². The fourth-order valence-electron chi connectivity index (χ4n) is 3.04. The van der Waals surface area contributed by atoms with Gasteiger partial charge in [0.05, 0.1) is 0 Å². The first kappa shape index (κ1) is 19.4. The monoisotopic (exact) mass is 387 g/mol. The highest BCUT2D eigenvalue weighted by atomic mass is 35.5. The molecule has 0 atom stereocenters. The van der Waals surface area contributed by atoms with Gasteiger partial charge in [-0.3, -0.25) is 4.79 Å². The smallest absolute Gasteiger partial charge is 0.270 e. The number of rotatable bonds is 5. The summed E-state index contributed by atoms with van der Waals surface area (Å²) in [5.41, 5.74) is 2.35. The van der Waals surface area contributed by atoms with Gasteiger partial charge in [-0.15, -0.1) is 0 Å². The molecule has 1 amide bonds. The van der Waals surface area contributed by atoms with Crippen LogP contribution in [0, 0.1) is 12.8 Å². The van der Waals surface area contributed by atoms with Crippen LogP contribution in [-0.4, -0.2) is 48.6 Å². The molecule has 1 saturated heterocycles. The molecule has 2 aromatic rings. The summed E-state index contributed by atoms with van der Waals surface area (Å²) in [7, 11) is 0. The van der Waals surface area contributed by atoms with Gasteiger partial charge in [-0.25, -0.2) is 9.97 Å². The number of nitrogens with one attached hydrogen (secondary N) is 1.